The van der Waals surface area contributed by atoms with Gasteiger partial charge in [-0.2, -0.15) is 0 Å². The Kier molecular flexibility index (Phi) is 35.8. The third-order valence-electron chi connectivity index (χ3n) is 8.90. The fourth-order valence-corrected chi connectivity index (χ4v) is 5.86. The second kappa shape index (κ2) is 33.3. The summed E-state index contributed by atoms with van der Waals surface area (Å²) in [6.07, 6.45) is 22.1. The zero-order valence-electron chi connectivity index (χ0n) is 30.9. The second-order valence-corrected chi connectivity index (χ2v) is 13.0. The average molecular weight is 642 g/mol. The Bertz CT molecular complexity index is 602. The molecule has 1 aromatic carbocycles. The third-order valence-corrected chi connectivity index (χ3v) is 8.90. The van der Waals surface area contributed by atoms with Crippen molar-refractivity contribution in [2.45, 2.75) is 158 Å². The van der Waals surface area contributed by atoms with E-state index >= 15 is 0 Å². The van der Waals surface area contributed by atoms with E-state index in [-0.39, 0.29) is 18.0 Å². The van der Waals surface area contributed by atoms with Gasteiger partial charge in [0.2, 0.25) is 0 Å². The van der Waals surface area contributed by atoms with Gasteiger partial charge < -0.3 is 31.3 Å². The molecule has 0 radical (unpaired) electrons. The number of carbonyl (C=O) groups excluding carboxylic acids is 1. The summed E-state index contributed by atoms with van der Waals surface area (Å²) < 4.78 is 2.84. The largest absolute Gasteiger partial charge is 1.00 e. The molecule has 0 aliphatic heterocycles. The van der Waals surface area contributed by atoms with Crippen LogP contribution in [0.5, 0.6) is 0 Å². The van der Waals surface area contributed by atoms with Crippen LogP contribution in [-0.2, 0) is 0 Å². The number of unbranched alkanes of at least 4 members (excludes halogenated alkanes) is 8. The van der Waals surface area contributed by atoms with E-state index < -0.39 is 5.97 Å². The lowest BCUT2D eigenvalue weighted by Gasteiger charge is -2.39. The van der Waals surface area contributed by atoms with Crippen LogP contribution in [0, 0.1) is 0 Å². The minimum absolute atomic E-state index is 0. The highest BCUT2D eigenvalue weighted by molar-refractivity contribution is 5.85. The number of quaternary nitrogens is 2. The van der Waals surface area contributed by atoms with Crippen molar-refractivity contribution in [1.82, 2.24) is 0 Å². The fourth-order valence-electron chi connectivity index (χ4n) is 5.86. The molecule has 0 saturated heterocycles. The molecule has 0 aliphatic carbocycles. The van der Waals surface area contributed by atoms with Crippen LogP contribution >= 0.6 is 0 Å². The number of carboxylic acids is 1. The van der Waals surface area contributed by atoms with E-state index in [0.717, 1.165) is 0 Å². The van der Waals surface area contributed by atoms with Crippen molar-refractivity contribution in [2.24, 2.45) is 0 Å². The van der Waals surface area contributed by atoms with Crippen LogP contribution in [0.15, 0.2) is 30.3 Å². The van der Waals surface area contributed by atoms with E-state index in [9.17, 15) is 9.90 Å². The average Bonchev–Trinajstić information content (AvgIpc) is 3.04. The molecule has 0 spiro atoms. The van der Waals surface area contributed by atoms with Gasteiger partial charge in [0, 0.05) is 0 Å². The first-order chi connectivity index (χ1) is 20.8. The van der Waals surface area contributed by atoms with Gasteiger partial charge in [-0.05, 0) is 56.9 Å². The molecule has 0 aliphatic rings. The number of hydrogen-bond acceptors (Lipinski definition) is 2. The monoisotopic (exact) mass is 641 g/mol. The highest BCUT2D eigenvalue weighted by Gasteiger charge is 2.25. The summed E-state index contributed by atoms with van der Waals surface area (Å²) in [7, 11) is 0. The van der Waals surface area contributed by atoms with Gasteiger partial charge in [-0.1, -0.05) is 137 Å². The summed E-state index contributed by atoms with van der Waals surface area (Å²) in [5, 5.41) is 10.1. The quantitative estimate of drug-likeness (QED) is 0.107. The molecule has 1 rings (SSSR count). The molecule has 4 nitrogen and oxygen atoms in total. The molecule has 0 saturated carbocycles. The molecule has 0 heterocycles. The van der Waals surface area contributed by atoms with Crippen LogP contribution in [0.1, 0.15) is 168 Å². The molecule has 262 valence electrons. The van der Waals surface area contributed by atoms with Crippen molar-refractivity contribution in [3.63, 3.8) is 0 Å². The predicted octanol–water partition coefficient (Wildman–Crippen LogP) is 7.06. The van der Waals surface area contributed by atoms with E-state index in [1.807, 2.05) is 0 Å². The number of nitrogens with zero attached hydrogens (tertiary/aromatic N) is 2. The lowest BCUT2D eigenvalue weighted by Crippen LogP contribution is -3.00. The van der Waals surface area contributed by atoms with Crippen molar-refractivity contribution in [3.05, 3.63) is 35.9 Å². The maximum atomic E-state index is 10.1. The number of benzene rings is 1. The van der Waals surface area contributed by atoms with Crippen LogP contribution < -0.4 is 17.5 Å². The molecule has 0 bridgehead atoms. The summed E-state index contributed by atoms with van der Waals surface area (Å²) in [6.45, 7) is 30.0. The summed E-state index contributed by atoms with van der Waals surface area (Å²) in [5.41, 5.74) is 0.220. The van der Waals surface area contributed by atoms with E-state index in [2.05, 4.69) is 55.4 Å². The van der Waals surface area contributed by atoms with Gasteiger partial charge in [-0.3, -0.25) is 0 Å². The van der Waals surface area contributed by atoms with Crippen LogP contribution in [0.2, 0.25) is 0 Å². The van der Waals surface area contributed by atoms with Gasteiger partial charge in [-0.25, -0.2) is 0 Å². The minimum atomic E-state index is -1.13. The maximum Gasteiger partial charge on any atom is 0.0786 e. The SMILES string of the molecule is CCCC[N+](CCCC)(CCCC)CCCC.CCCC[N+](CCCC)(CCCC)CCCC.O=C([O-])c1ccccc1.[Cl-]. The Morgan fingerprint density at radius 1 is 0.455 bits per heavy atom. The molecule has 0 amide bonds. The smallest absolute Gasteiger partial charge is 0.0786 e. The first-order valence-electron chi connectivity index (χ1n) is 18.8. The molecule has 1 aromatic rings. The van der Waals surface area contributed by atoms with Gasteiger partial charge in [-0.15, -0.1) is 0 Å². The minimum Gasteiger partial charge on any atom is -1.00 e. The Labute approximate surface area is 283 Å². The summed E-state index contributed by atoms with van der Waals surface area (Å²) in [4.78, 5) is 10.1. The van der Waals surface area contributed by atoms with E-state index in [0.29, 0.717) is 0 Å². The van der Waals surface area contributed by atoms with Crippen LogP contribution in [0.3, 0.4) is 0 Å². The normalized spacial score (nSPS) is 11.1. The predicted molar refractivity (Wildman–Crippen MR) is 189 cm³/mol. The van der Waals surface area contributed by atoms with E-state index in [1.54, 1.807) is 18.2 Å². The Morgan fingerprint density at radius 3 is 0.795 bits per heavy atom. The third kappa shape index (κ3) is 25.1. The molecular weight excluding hydrogens is 564 g/mol. The fraction of sp³-hybridized carbons (Fsp3) is 0.821. The number of hydrogen-bond donors (Lipinski definition) is 0. The standard InChI is InChI=1S/2C16H36N.C7H6O2.ClH/c2*1-5-9-13-17(14-10-6-2,15-11-7-3)16-12-8-4;8-7(9)6-4-2-1-3-5-6;/h2*5-16H2,1-4H3;1-5H,(H,8,9);1H/q2*+1;;/p-2. The van der Waals surface area contributed by atoms with Crippen LogP contribution in [-0.4, -0.2) is 67.3 Å². The zero-order chi connectivity index (χ0) is 32.7. The van der Waals surface area contributed by atoms with Gasteiger partial charge in [0.25, 0.3) is 0 Å². The van der Waals surface area contributed by atoms with Crippen molar-refractivity contribution in [2.75, 3.05) is 52.4 Å². The molecule has 0 unspecified atom stereocenters. The van der Waals surface area contributed by atoms with Gasteiger partial charge in [0.1, 0.15) is 0 Å². The maximum absolute atomic E-state index is 10.1. The number of carbonyl (C=O) groups is 1. The van der Waals surface area contributed by atoms with Crippen molar-refractivity contribution in [3.8, 4) is 0 Å². The van der Waals surface area contributed by atoms with Crippen molar-refractivity contribution >= 4 is 5.97 Å². The molecule has 0 aromatic heterocycles. The first-order valence-corrected chi connectivity index (χ1v) is 18.8. The topological polar surface area (TPSA) is 40.1 Å². The van der Waals surface area contributed by atoms with Gasteiger partial charge in [0.05, 0.1) is 58.3 Å². The lowest BCUT2D eigenvalue weighted by molar-refractivity contribution is -0.929. The van der Waals surface area contributed by atoms with Crippen molar-refractivity contribution in [1.29, 1.82) is 0 Å². The molecule has 0 atom stereocenters. The van der Waals surface area contributed by atoms with E-state index in [1.165, 1.54) is 176 Å². The first kappa shape index (κ1) is 47.3. The van der Waals surface area contributed by atoms with Crippen LogP contribution in [0.25, 0.3) is 0 Å². The second-order valence-electron chi connectivity index (χ2n) is 13.0. The number of rotatable bonds is 25. The molecular formula is C39H77ClN2O2. The zero-order valence-corrected chi connectivity index (χ0v) is 31.7. The Balaban J connectivity index is -0.000000591. The van der Waals surface area contributed by atoms with Gasteiger partial charge in [0.15, 0.2) is 0 Å². The molecule has 0 fully saturated rings. The Morgan fingerprint density at radius 2 is 0.659 bits per heavy atom. The molecule has 5 heteroatoms. The highest BCUT2D eigenvalue weighted by atomic mass is 35.5. The van der Waals surface area contributed by atoms with Gasteiger partial charge >= 0.3 is 0 Å². The number of aromatic carboxylic acids is 1. The summed E-state index contributed by atoms with van der Waals surface area (Å²) >= 11 is 0. The summed E-state index contributed by atoms with van der Waals surface area (Å²) in [5.74, 6) is -1.13. The highest BCUT2D eigenvalue weighted by Crippen LogP contribution is 2.17. The number of halogens is 1. The van der Waals surface area contributed by atoms with Crippen LogP contribution in [0.4, 0.5) is 0 Å². The number of carboxylic acid groups (broad SMARTS) is 1. The van der Waals surface area contributed by atoms with E-state index in [4.69, 9.17) is 0 Å². The lowest BCUT2D eigenvalue weighted by atomic mass is 10.1. The summed E-state index contributed by atoms with van der Waals surface area (Å²) in [6, 6.07) is 8.06. The molecule has 44 heavy (non-hydrogen) atoms. The Hall–Kier alpha value is -1.10. The molecule has 0 N–H and O–H groups in total. The van der Waals surface area contributed by atoms with Crippen molar-refractivity contribution < 1.29 is 31.3 Å².